The Bertz CT molecular complexity index is 657. The van der Waals surface area contributed by atoms with Crippen LogP contribution in [0, 0.1) is 5.82 Å². The zero-order valence-corrected chi connectivity index (χ0v) is 12.2. The molecule has 0 saturated carbocycles. The van der Waals surface area contributed by atoms with Crippen LogP contribution in [0.2, 0.25) is 5.02 Å². The molecule has 2 unspecified atom stereocenters. The highest BCUT2D eigenvalue weighted by molar-refractivity contribution is 6.30. The van der Waals surface area contributed by atoms with Gasteiger partial charge in [0.1, 0.15) is 23.4 Å². The van der Waals surface area contributed by atoms with Gasteiger partial charge in [0.05, 0.1) is 7.11 Å². The molecule has 3 nitrogen and oxygen atoms in total. The minimum Gasteiger partial charge on any atom is -0.497 e. The van der Waals surface area contributed by atoms with Gasteiger partial charge in [0.25, 0.3) is 0 Å². The summed E-state index contributed by atoms with van der Waals surface area (Å²) in [5, 5.41) is 0.346. The molecular weight excluding hydrogens is 293 g/mol. The van der Waals surface area contributed by atoms with Crippen LogP contribution in [0.25, 0.3) is 0 Å². The van der Waals surface area contributed by atoms with Crippen molar-refractivity contribution in [3.8, 4) is 11.5 Å². The molecule has 3 rings (SSSR count). The number of hydrogen-bond donors (Lipinski definition) is 1. The highest BCUT2D eigenvalue weighted by Gasteiger charge is 2.28. The van der Waals surface area contributed by atoms with Crippen LogP contribution in [0.1, 0.15) is 29.7 Å². The van der Waals surface area contributed by atoms with Crippen molar-refractivity contribution in [2.45, 2.75) is 18.6 Å². The molecule has 0 spiro atoms. The molecule has 0 bridgehead atoms. The molecule has 0 amide bonds. The number of benzene rings is 2. The molecule has 1 heterocycles. The maximum atomic E-state index is 13.5. The van der Waals surface area contributed by atoms with Gasteiger partial charge < -0.3 is 15.2 Å². The van der Waals surface area contributed by atoms with Gasteiger partial charge in [-0.05, 0) is 29.8 Å². The summed E-state index contributed by atoms with van der Waals surface area (Å²) in [5.74, 6) is 0.975. The fourth-order valence-electron chi connectivity index (χ4n) is 2.57. The minimum absolute atomic E-state index is 0.174. The summed E-state index contributed by atoms with van der Waals surface area (Å²) in [6.45, 7) is 0. The molecular formula is C16H15ClFNO2. The Kier molecular flexibility index (Phi) is 3.74. The lowest BCUT2D eigenvalue weighted by molar-refractivity contribution is 0.160. The van der Waals surface area contributed by atoms with Crippen LogP contribution in [0.5, 0.6) is 11.5 Å². The summed E-state index contributed by atoms with van der Waals surface area (Å²) in [5.41, 5.74) is 7.80. The summed E-state index contributed by atoms with van der Waals surface area (Å²) < 4.78 is 24.7. The maximum Gasteiger partial charge on any atom is 0.128 e. The smallest absolute Gasteiger partial charge is 0.128 e. The second-order valence-electron chi connectivity index (χ2n) is 5.06. The SMILES string of the molecule is COc1ccc2c(c1)OC(c1cc(F)cc(Cl)c1)CC2N. The summed E-state index contributed by atoms with van der Waals surface area (Å²) in [6, 6.07) is 9.76. The first-order valence-electron chi connectivity index (χ1n) is 6.63. The molecule has 0 aliphatic carbocycles. The van der Waals surface area contributed by atoms with E-state index in [-0.39, 0.29) is 18.0 Å². The van der Waals surface area contributed by atoms with Crippen molar-refractivity contribution >= 4 is 11.6 Å². The lowest BCUT2D eigenvalue weighted by Gasteiger charge is -2.31. The van der Waals surface area contributed by atoms with Gasteiger partial charge in [-0.25, -0.2) is 4.39 Å². The molecule has 2 aromatic carbocycles. The van der Waals surface area contributed by atoms with E-state index in [1.165, 1.54) is 12.1 Å². The molecule has 0 fully saturated rings. The van der Waals surface area contributed by atoms with E-state index in [4.69, 9.17) is 26.8 Å². The predicted octanol–water partition coefficient (Wildman–Crippen LogP) is 4.01. The van der Waals surface area contributed by atoms with Gasteiger partial charge in [0.2, 0.25) is 0 Å². The van der Waals surface area contributed by atoms with E-state index in [9.17, 15) is 4.39 Å². The lowest BCUT2D eigenvalue weighted by Crippen LogP contribution is -2.24. The molecule has 0 radical (unpaired) electrons. The fourth-order valence-corrected chi connectivity index (χ4v) is 2.80. The third-order valence-electron chi connectivity index (χ3n) is 3.61. The molecule has 1 aliphatic rings. The van der Waals surface area contributed by atoms with Crippen LogP contribution >= 0.6 is 11.6 Å². The number of hydrogen-bond acceptors (Lipinski definition) is 3. The topological polar surface area (TPSA) is 44.5 Å². The molecule has 2 atom stereocenters. The summed E-state index contributed by atoms with van der Waals surface area (Å²) >= 11 is 5.91. The number of methoxy groups -OCH3 is 1. The number of rotatable bonds is 2. The number of halogens is 2. The van der Waals surface area contributed by atoms with Gasteiger partial charge in [-0.1, -0.05) is 17.7 Å². The van der Waals surface area contributed by atoms with Gasteiger partial charge in [-0.15, -0.1) is 0 Å². The van der Waals surface area contributed by atoms with Gasteiger partial charge >= 0.3 is 0 Å². The van der Waals surface area contributed by atoms with E-state index in [0.29, 0.717) is 28.5 Å². The number of ether oxygens (including phenoxy) is 2. The number of nitrogens with two attached hydrogens (primary N) is 1. The second-order valence-corrected chi connectivity index (χ2v) is 5.49. The van der Waals surface area contributed by atoms with E-state index in [1.54, 1.807) is 19.2 Å². The zero-order chi connectivity index (χ0) is 15.0. The quantitative estimate of drug-likeness (QED) is 0.911. The van der Waals surface area contributed by atoms with Crippen molar-refractivity contribution in [3.63, 3.8) is 0 Å². The normalized spacial score (nSPS) is 20.6. The summed E-state index contributed by atoms with van der Waals surface area (Å²) in [6.07, 6.45) is 0.242. The Morgan fingerprint density at radius 1 is 1.29 bits per heavy atom. The van der Waals surface area contributed by atoms with Crippen molar-refractivity contribution in [2.24, 2.45) is 5.73 Å². The molecule has 2 aromatic rings. The first-order valence-corrected chi connectivity index (χ1v) is 7.01. The van der Waals surface area contributed by atoms with E-state index >= 15 is 0 Å². The monoisotopic (exact) mass is 307 g/mol. The minimum atomic E-state index is -0.383. The average molecular weight is 308 g/mol. The Balaban J connectivity index is 1.96. The van der Waals surface area contributed by atoms with E-state index in [0.717, 1.165) is 5.56 Å². The van der Waals surface area contributed by atoms with E-state index < -0.39 is 0 Å². The standard InChI is InChI=1S/C16H15ClFNO2/c1-20-12-2-3-13-14(19)8-15(21-16(13)7-12)9-4-10(17)6-11(18)5-9/h2-7,14-15H,8,19H2,1H3. The van der Waals surface area contributed by atoms with Crippen molar-refractivity contribution in [1.82, 2.24) is 0 Å². The molecule has 0 saturated heterocycles. The van der Waals surface area contributed by atoms with Gasteiger partial charge in [-0.2, -0.15) is 0 Å². The first kappa shape index (κ1) is 14.2. The van der Waals surface area contributed by atoms with E-state index in [2.05, 4.69) is 0 Å². The van der Waals surface area contributed by atoms with Crippen LogP contribution in [-0.4, -0.2) is 7.11 Å². The Morgan fingerprint density at radius 2 is 2.10 bits per heavy atom. The Hall–Kier alpha value is -1.78. The summed E-state index contributed by atoms with van der Waals surface area (Å²) in [4.78, 5) is 0. The third kappa shape index (κ3) is 2.82. The molecule has 0 aromatic heterocycles. The van der Waals surface area contributed by atoms with Crippen molar-refractivity contribution in [2.75, 3.05) is 7.11 Å². The van der Waals surface area contributed by atoms with Crippen LogP contribution in [0.3, 0.4) is 0 Å². The Morgan fingerprint density at radius 3 is 2.81 bits per heavy atom. The molecule has 110 valence electrons. The largest absolute Gasteiger partial charge is 0.497 e. The van der Waals surface area contributed by atoms with E-state index in [1.807, 2.05) is 12.1 Å². The molecule has 2 N–H and O–H groups in total. The van der Waals surface area contributed by atoms with Crippen LogP contribution < -0.4 is 15.2 Å². The number of fused-ring (bicyclic) bond motifs is 1. The van der Waals surface area contributed by atoms with Gasteiger partial charge in [-0.3, -0.25) is 0 Å². The maximum absolute atomic E-state index is 13.5. The predicted molar refractivity (Wildman–Crippen MR) is 79.3 cm³/mol. The van der Waals surface area contributed by atoms with Crippen LogP contribution in [0.15, 0.2) is 36.4 Å². The third-order valence-corrected chi connectivity index (χ3v) is 3.83. The van der Waals surface area contributed by atoms with Gasteiger partial charge in [0, 0.05) is 29.1 Å². The van der Waals surface area contributed by atoms with Crippen molar-refractivity contribution in [1.29, 1.82) is 0 Å². The molecule has 1 aliphatic heterocycles. The molecule has 5 heteroatoms. The Labute approximate surface area is 127 Å². The fraction of sp³-hybridized carbons (Fsp3) is 0.250. The second kappa shape index (κ2) is 5.54. The summed E-state index contributed by atoms with van der Waals surface area (Å²) in [7, 11) is 1.59. The molecule has 21 heavy (non-hydrogen) atoms. The van der Waals surface area contributed by atoms with Crippen LogP contribution in [-0.2, 0) is 0 Å². The van der Waals surface area contributed by atoms with Crippen molar-refractivity contribution < 1.29 is 13.9 Å². The zero-order valence-electron chi connectivity index (χ0n) is 11.5. The van der Waals surface area contributed by atoms with Crippen LogP contribution in [0.4, 0.5) is 4.39 Å². The highest BCUT2D eigenvalue weighted by Crippen LogP contribution is 2.41. The van der Waals surface area contributed by atoms with Gasteiger partial charge in [0.15, 0.2) is 0 Å². The first-order chi connectivity index (χ1) is 10.1. The average Bonchev–Trinajstić information content (AvgIpc) is 2.45. The lowest BCUT2D eigenvalue weighted by atomic mass is 9.93. The highest BCUT2D eigenvalue weighted by atomic mass is 35.5. The van der Waals surface area contributed by atoms with Crippen molar-refractivity contribution in [3.05, 3.63) is 58.4 Å².